The van der Waals surface area contributed by atoms with Crippen LogP contribution < -0.4 is 5.11 Å². The van der Waals surface area contributed by atoms with E-state index in [1.807, 2.05) is 42.5 Å². The molecule has 0 aromatic heterocycles. The summed E-state index contributed by atoms with van der Waals surface area (Å²) in [6.45, 7) is 2.19. The van der Waals surface area contributed by atoms with Gasteiger partial charge >= 0.3 is 0 Å². The van der Waals surface area contributed by atoms with Crippen molar-refractivity contribution in [3.63, 3.8) is 0 Å². The lowest BCUT2D eigenvalue weighted by atomic mass is 10.1. The van der Waals surface area contributed by atoms with Crippen molar-refractivity contribution < 1.29 is 20.0 Å². The molecule has 1 atom stereocenters. The van der Waals surface area contributed by atoms with Gasteiger partial charge < -0.3 is 9.90 Å². The molecule has 1 N–H and O–H groups in total. The predicted molar refractivity (Wildman–Crippen MR) is 96.3 cm³/mol. The minimum absolute atomic E-state index is 0.110. The summed E-state index contributed by atoms with van der Waals surface area (Å²) in [5.74, 6) is -0.995. The summed E-state index contributed by atoms with van der Waals surface area (Å²) in [5.41, 5.74) is 0. The van der Waals surface area contributed by atoms with Crippen molar-refractivity contribution in [3.8, 4) is 0 Å². The summed E-state index contributed by atoms with van der Waals surface area (Å²) in [7, 11) is 0. The van der Waals surface area contributed by atoms with Crippen LogP contribution in [0.2, 0.25) is 0 Å². The fourth-order valence-corrected chi connectivity index (χ4v) is 2.02. The summed E-state index contributed by atoms with van der Waals surface area (Å²) in [4.78, 5) is 14.7. The zero-order valence-corrected chi connectivity index (χ0v) is 14.7. The van der Waals surface area contributed by atoms with Gasteiger partial charge in [-0.05, 0) is 44.9 Å². The molecule has 0 heterocycles. The van der Waals surface area contributed by atoms with Crippen molar-refractivity contribution in [2.45, 2.75) is 70.8 Å². The van der Waals surface area contributed by atoms with Crippen molar-refractivity contribution >= 4 is 5.97 Å². The van der Waals surface area contributed by atoms with Crippen LogP contribution in [0, 0.1) is 0 Å². The Bertz CT molecular complexity index is 408. The molecule has 0 aliphatic heterocycles. The molecule has 0 aromatic carbocycles. The van der Waals surface area contributed by atoms with Crippen molar-refractivity contribution in [3.05, 3.63) is 48.6 Å². The maximum atomic E-state index is 10.2. The van der Waals surface area contributed by atoms with E-state index >= 15 is 0 Å². The molecule has 0 bridgehead atoms. The van der Waals surface area contributed by atoms with E-state index < -0.39 is 5.97 Å². The normalized spacial score (nSPS) is 13.8. The largest absolute Gasteiger partial charge is 0.550 e. The molecule has 4 nitrogen and oxygen atoms in total. The average molecular weight is 335 g/mol. The van der Waals surface area contributed by atoms with Crippen LogP contribution >= 0.6 is 0 Å². The van der Waals surface area contributed by atoms with Gasteiger partial charge in [0.15, 0.2) is 0 Å². The summed E-state index contributed by atoms with van der Waals surface area (Å²) in [5, 5.41) is 19.1. The Morgan fingerprint density at radius 2 is 1.79 bits per heavy atom. The average Bonchev–Trinajstić information content (AvgIpc) is 2.57. The van der Waals surface area contributed by atoms with E-state index in [4.69, 9.17) is 5.26 Å². The Labute approximate surface area is 146 Å². The summed E-state index contributed by atoms with van der Waals surface area (Å²) >= 11 is 0. The first-order chi connectivity index (χ1) is 11.7. The Kier molecular flexibility index (Phi) is 16.5. The van der Waals surface area contributed by atoms with Gasteiger partial charge in [0.2, 0.25) is 0 Å². The molecule has 0 amide bonds. The third-order valence-electron chi connectivity index (χ3n) is 3.41. The first kappa shape index (κ1) is 22.4. The topological polar surface area (TPSA) is 69.6 Å². The van der Waals surface area contributed by atoms with Crippen LogP contribution in [0.3, 0.4) is 0 Å². The molecule has 4 heteroatoms. The van der Waals surface area contributed by atoms with Gasteiger partial charge in [0.05, 0.1) is 0 Å². The summed E-state index contributed by atoms with van der Waals surface area (Å²) < 4.78 is 0. The maximum Gasteiger partial charge on any atom is 0.115 e. The molecule has 136 valence electrons. The lowest BCUT2D eigenvalue weighted by Gasteiger charge is -2.04. The molecule has 0 rings (SSSR count). The smallest absolute Gasteiger partial charge is 0.115 e. The standard InChI is InChI=1S/C20H32O4/c1-2-3-4-5-10-13-16-19(24-23)17-14-11-8-6-7-9-12-15-18-20(21)22/h7-11,13-14,17,19,23H,2-6,12,15-16,18H2,1H3,(H,21,22)/p-1/b9-7-,11-8-,13-10-,17-14+/t19-/m1/s1. The number of carbonyl (C=O) groups is 1. The number of hydrogen-bond acceptors (Lipinski definition) is 4. The van der Waals surface area contributed by atoms with Gasteiger partial charge in [-0.3, -0.25) is 5.26 Å². The van der Waals surface area contributed by atoms with Gasteiger partial charge in [-0.1, -0.05) is 68.4 Å². The van der Waals surface area contributed by atoms with Gasteiger partial charge in [-0.15, -0.1) is 0 Å². The minimum atomic E-state index is -0.995. The molecule has 24 heavy (non-hydrogen) atoms. The van der Waals surface area contributed by atoms with Crippen molar-refractivity contribution in [2.24, 2.45) is 0 Å². The highest BCUT2D eigenvalue weighted by Gasteiger charge is 1.99. The first-order valence-electron chi connectivity index (χ1n) is 8.84. The van der Waals surface area contributed by atoms with Crippen LogP contribution in [0.1, 0.15) is 64.7 Å². The lowest BCUT2D eigenvalue weighted by molar-refractivity contribution is -0.305. The number of carboxylic acid groups (broad SMARTS) is 1. The van der Waals surface area contributed by atoms with Crippen LogP contribution in [-0.2, 0) is 9.68 Å². The Morgan fingerprint density at radius 1 is 1.04 bits per heavy atom. The third-order valence-corrected chi connectivity index (χ3v) is 3.41. The van der Waals surface area contributed by atoms with Gasteiger partial charge in [-0.2, -0.15) is 0 Å². The van der Waals surface area contributed by atoms with Gasteiger partial charge in [0.1, 0.15) is 6.10 Å². The fraction of sp³-hybridized carbons (Fsp3) is 0.550. The van der Waals surface area contributed by atoms with Gasteiger partial charge in [-0.25, -0.2) is 4.89 Å². The molecular formula is C20H31O4-. The number of rotatable bonds is 15. The second-order valence-electron chi connectivity index (χ2n) is 5.63. The highest BCUT2D eigenvalue weighted by atomic mass is 17.1. The number of carbonyl (C=O) groups excluding carboxylic acids is 1. The molecule has 0 aliphatic carbocycles. The highest BCUT2D eigenvalue weighted by Crippen LogP contribution is 2.04. The SMILES string of the molecule is CCCCC/C=C\C[C@H](/C=C/C=C\C/C=C\CCCC(=O)[O-])OO. The second-order valence-corrected chi connectivity index (χ2v) is 5.63. The van der Waals surface area contributed by atoms with E-state index in [2.05, 4.69) is 17.9 Å². The Morgan fingerprint density at radius 3 is 2.50 bits per heavy atom. The third kappa shape index (κ3) is 16.7. The molecule has 0 saturated heterocycles. The predicted octanol–water partition coefficient (Wildman–Crippen LogP) is 4.35. The van der Waals surface area contributed by atoms with E-state index in [-0.39, 0.29) is 12.5 Å². The zero-order valence-electron chi connectivity index (χ0n) is 14.7. The van der Waals surface area contributed by atoms with Gasteiger partial charge in [0, 0.05) is 5.97 Å². The van der Waals surface area contributed by atoms with Crippen LogP contribution in [0.5, 0.6) is 0 Å². The van der Waals surface area contributed by atoms with Crippen LogP contribution in [-0.4, -0.2) is 17.3 Å². The van der Waals surface area contributed by atoms with E-state index in [0.29, 0.717) is 12.8 Å². The molecule has 0 unspecified atom stereocenters. The van der Waals surface area contributed by atoms with Gasteiger partial charge in [0.25, 0.3) is 0 Å². The van der Waals surface area contributed by atoms with Crippen molar-refractivity contribution in [1.82, 2.24) is 0 Å². The van der Waals surface area contributed by atoms with Crippen LogP contribution in [0.4, 0.5) is 0 Å². The maximum absolute atomic E-state index is 10.2. The van der Waals surface area contributed by atoms with Crippen LogP contribution in [0.25, 0.3) is 0 Å². The Hall–Kier alpha value is -1.65. The highest BCUT2D eigenvalue weighted by molar-refractivity contribution is 5.64. The number of unbranched alkanes of at least 4 members (excludes halogenated alkanes) is 4. The number of carboxylic acids is 1. The molecule has 0 radical (unpaired) electrons. The van der Waals surface area contributed by atoms with Crippen molar-refractivity contribution in [2.75, 3.05) is 0 Å². The second kappa shape index (κ2) is 17.7. The van der Waals surface area contributed by atoms with E-state index in [1.54, 1.807) is 0 Å². The summed E-state index contributed by atoms with van der Waals surface area (Å²) in [6, 6.07) is 0. The molecule has 0 fully saturated rings. The number of hydrogen-bond donors (Lipinski definition) is 1. The molecule has 0 aromatic rings. The zero-order chi connectivity index (χ0) is 17.9. The lowest BCUT2D eigenvalue weighted by Crippen LogP contribution is -2.21. The Balaban J connectivity index is 3.79. The first-order valence-corrected chi connectivity index (χ1v) is 8.84. The molecule has 0 aliphatic rings. The van der Waals surface area contributed by atoms with Crippen molar-refractivity contribution in [1.29, 1.82) is 0 Å². The van der Waals surface area contributed by atoms with E-state index in [1.165, 1.54) is 19.3 Å². The molecule has 0 spiro atoms. The minimum Gasteiger partial charge on any atom is -0.550 e. The molecular weight excluding hydrogens is 304 g/mol. The van der Waals surface area contributed by atoms with E-state index in [0.717, 1.165) is 19.3 Å². The number of allylic oxidation sites excluding steroid dienone is 6. The van der Waals surface area contributed by atoms with E-state index in [9.17, 15) is 9.90 Å². The molecule has 0 saturated carbocycles. The number of aliphatic carboxylic acids is 1. The fourth-order valence-electron chi connectivity index (χ4n) is 2.02. The quantitative estimate of drug-likeness (QED) is 0.159. The van der Waals surface area contributed by atoms with Crippen LogP contribution in [0.15, 0.2) is 48.6 Å². The monoisotopic (exact) mass is 335 g/mol. The summed E-state index contributed by atoms with van der Waals surface area (Å²) in [6.07, 6.45) is 23.1.